The summed E-state index contributed by atoms with van der Waals surface area (Å²) in [5.74, 6) is 0.444. The first-order valence-corrected chi connectivity index (χ1v) is 16.0. The summed E-state index contributed by atoms with van der Waals surface area (Å²) in [6, 6.07) is 16.1. The summed E-state index contributed by atoms with van der Waals surface area (Å²) in [7, 11) is -2.81. The Balaban J connectivity index is 2.29. The first-order valence-electron chi connectivity index (χ1n) is 9.01. The predicted octanol–water partition coefficient (Wildman–Crippen LogP) is 5.33. The van der Waals surface area contributed by atoms with Crippen LogP contribution in [0.2, 0.25) is 39.3 Å². The van der Waals surface area contributed by atoms with Gasteiger partial charge in [-0.2, -0.15) is 0 Å². The van der Waals surface area contributed by atoms with Crippen LogP contribution in [0.3, 0.4) is 0 Å². The SMILES string of the molecule is CC1=Cc2ccccc2C1c1cccc([Si](C)(C)C)c1[Si](C)(C)C. The van der Waals surface area contributed by atoms with Gasteiger partial charge < -0.3 is 0 Å². The van der Waals surface area contributed by atoms with Crippen LogP contribution in [0, 0.1) is 0 Å². The van der Waals surface area contributed by atoms with Gasteiger partial charge in [0.05, 0.1) is 16.1 Å². The average Bonchev–Trinajstić information content (AvgIpc) is 2.80. The van der Waals surface area contributed by atoms with Gasteiger partial charge in [-0.1, -0.05) is 104 Å². The summed E-state index contributed by atoms with van der Waals surface area (Å²) in [6.45, 7) is 17.3. The van der Waals surface area contributed by atoms with Crippen LogP contribution in [0.15, 0.2) is 48.0 Å². The molecule has 24 heavy (non-hydrogen) atoms. The Kier molecular flexibility index (Phi) is 4.25. The Morgan fingerprint density at radius 1 is 0.708 bits per heavy atom. The molecule has 3 rings (SSSR count). The molecule has 0 radical (unpaired) electrons. The molecule has 0 N–H and O–H groups in total. The summed E-state index contributed by atoms with van der Waals surface area (Å²) in [5, 5.41) is 3.40. The Morgan fingerprint density at radius 3 is 1.96 bits per heavy atom. The highest BCUT2D eigenvalue weighted by molar-refractivity contribution is 6.98. The molecule has 0 saturated carbocycles. The van der Waals surface area contributed by atoms with Gasteiger partial charge in [-0.05, 0) is 23.6 Å². The van der Waals surface area contributed by atoms with E-state index >= 15 is 0 Å². The largest absolute Gasteiger partial charge is 0.0778 e. The average molecular weight is 351 g/mol. The minimum atomic E-state index is -1.44. The van der Waals surface area contributed by atoms with E-state index in [-0.39, 0.29) is 0 Å². The van der Waals surface area contributed by atoms with Crippen molar-refractivity contribution in [3.63, 3.8) is 0 Å². The molecule has 0 bridgehead atoms. The van der Waals surface area contributed by atoms with E-state index in [0.29, 0.717) is 5.92 Å². The smallest absolute Gasteiger partial charge is 0.0656 e. The molecule has 0 fully saturated rings. The molecular formula is C22H30Si2. The lowest BCUT2D eigenvalue weighted by molar-refractivity contribution is 0.984. The molecule has 1 atom stereocenters. The normalized spacial score (nSPS) is 17.6. The number of hydrogen-bond donors (Lipinski definition) is 0. The van der Waals surface area contributed by atoms with Crippen LogP contribution in [0.25, 0.3) is 6.08 Å². The lowest BCUT2D eigenvalue weighted by Gasteiger charge is -2.33. The summed E-state index contributed by atoms with van der Waals surface area (Å²) in [6.07, 6.45) is 2.38. The quantitative estimate of drug-likeness (QED) is 0.657. The number of allylic oxidation sites excluding steroid dienone is 1. The summed E-state index contributed by atoms with van der Waals surface area (Å²) >= 11 is 0. The van der Waals surface area contributed by atoms with Crippen LogP contribution in [0.4, 0.5) is 0 Å². The number of hydrogen-bond acceptors (Lipinski definition) is 0. The summed E-state index contributed by atoms with van der Waals surface area (Å²) < 4.78 is 0. The third-order valence-corrected chi connectivity index (χ3v) is 9.45. The van der Waals surface area contributed by atoms with Gasteiger partial charge >= 0.3 is 0 Å². The molecule has 0 amide bonds. The molecule has 0 aliphatic heterocycles. The van der Waals surface area contributed by atoms with Crippen molar-refractivity contribution in [2.24, 2.45) is 0 Å². The first-order chi connectivity index (χ1) is 11.1. The molecule has 2 aromatic carbocycles. The van der Waals surface area contributed by atoms with Crippen molar-refractivity contribution in [1.82, 2.24) is 0 Å². The van der Waals surface area contributed by atoms with E-state index in [9.17, 15) is 0 Å². The molecule has 0 spiro atoms. The summed E-state index contributed by atoms with van der Waals surface area (Å²) in [5.41, 5.74) is 5.96. The maximum absolute atomic E-state index is 2.51. The molecule has 2 heteroatoms. The number of rotatable bonds is 3. The fourth-order valence-electron chi connectivity index (χ4n) is 4.16. The minimum Gasteiger partial charge on any atom is -0.0656 e. The van der Waals surface area contributed by atoms with E-state index in [4.69, 9.17) is 0 Å². The van der Waals surface area contributed by atoms with E-state index < -0.39 is 16.1 Å². The molecule has 0 nitrogen and oxygen atoms in total. The minimum absolute atomic E-state index is 0.444. The fourth-order valence-corrected chi connectivity index (χ4v) is 9.89. The molecule has 0 saturated heterocycles. The van der Waals surface area contributed by atoms with Crippen molar-refractivity contribution in [2.75, 3.05) is 0 Å². The van der Waals surface area contributed by atoms with Gasteiger partial charge in [0.2, 0.25) is 0 Å². The van der Waals surface area contributed by atoms with Crippen molar-refractivity contribution in [3.8, 4) is 0 Å². The van der Waals surface area contributed by atoms with E-state index in [0.717, 1.165) is 0 Å². The molecule has 2 aromatic rings. The van der Waals surface area contributed by atoms with Crippen molar-refractivity contribution in [2.45, 2.75) is 52.1 Å². The van der Waals surface area contributed by atoms with Gasteiger partial charge in [-0.3, -0.25) is 0 Å². The zero-order valence-electron chi connectivity index (χ0n) is 16.2. The third-order valence-electron chi connectivity index (χ3n) is 5.11. The maximum Gasteiger partial charge on any atom is 0.0778 e. The van der Waals surface area contributed by atoms with Crippen LogP contribution in [-0.2, 0) is 0 Å². The molecular weight excluding hydrogens is 320 g/mol. The fraction of sp³-hybridized carbons (Fsp3) is 0.364. The van der Waals surface area contributed by atoms with Crippen LogP contribution in [-0.4, -0.2) is 16.1 Å². The highest BCUT2D eigenvalue weighted by Crippen LogP contribution is 2.40. The Hall–Kier alpha value is -1.39. The number of fused-ring (bicyclic) bond motifs is 1. The molecule has 0 aromatic heterocycles. The van der Waals surface area contributed by atoms with Crippen molar-refractivity contribution >= 4 is 32.6 Å². The molecule has 1 aliphatic carbocycles. The van der Waals surface area contributed by atoms with Gasteiger partial charge in [0.15, 0.2) is 0 Å². The van der Waals surface area contributed by atoms with E-state index in [2.05, 4.69) is 94.7 Å². The van der Waals surface area contributed by atoms with E-state index in [1.807, 2.05) is 0 Å². The van der Waals surface area contributed by atoms with Crippen molar-refractivity contribution in [1.29, 1.82) is 0 Å². The van der Waals surface area contributed by atoms with Crippen LogP contribution in [0.5, 0.6) is 0 Å². The highest BCUT2D eigenvalue weighted by Gasteiger charge is 2.34. The second-order valence-corrected chi connectivity index (χ2v) is 19.3. The Bertz CT molecular complexity index is 801. The van der Waals surface area contributed by atoms with E-state index in [1.54, 1.807) is 15.9 Å². The first kappa shape index (κ1) is 17.4. The van der Waals surface area contributed by atoms with Crippen LogP contribution in [0.1, 0.15) is 29.5 Å². The van der Waals surface area contributed by atoms with Gasteiger partial charge in [0.1, 0.15) is 0 Å². The monoisotopic (exact) mass is 350 g/mol. The topological polar surface area (TPSA) is 0 Å². The Labute approximate surface area is 149 Å². The van der Waals surface area contributed by atoms with Crippen molar-refractivity contribution < 1.29 is 0 Å². The molecule has 1 aliphatic rings. The lowest BCUT2D eigenvalue weighted by atomic mass is 9.89. The molecule has 0 heterocycles. The zero-order valence-corrected chi connectivity index (χ0v) is 18.2. The second kappa shape index (κ2) is 5.85. The molecule has 126 valence electrons. The number of benzene rings is 2. The molecule has 1 unspecified atom stereocenters. The van der Waals surface area contributed by atoms with E-state index in [1.165, 1.54) is 16.7 Å². The zero-order chi connectivity index (χ0) is 17.7. The van der Waals surface area contributed by atoms with Crippen LogP contribution >= 0.6 is 0 Å². The predicted molar refractivity (Wildman–Crippen MR) is 114 cm³/mol. The van der Waals surface area contributed by atoms with Gasteiger partial charge in [0, 0.05) is 5.92 Å². The van der Waals surface area contributed by atoms with Crippen LogP contribution < -0.4 is 10.4 Å². The summed E-state index contributed by atoms with van der Waals surface area (Å²) in [4.78, 5) is 0. The van der Waals surface area contributed by atoms with Gasteiger partial charge in [0.25, 0.3) is 0 Å². The van der Waals surface area contributed by atoms with Gasteiger partial charge in [-0.15, -0.1) is 0 Å². The Morgan fingerprint density at radius 2 is 1.33 bits per heavy atom. The maximum atomic E-state index is 2.51. The highest BCUT2D eigenvalue weighted by atomic mass is 28.3. The second-order valence-electron chi connectivity index (χ2n) is 9.22. The lowest BCUT2D eigenvalue weighted by Crippen LogP contribution is -2.58. The standard InChI is InChI=1S/C22H30Si2/c1-16-15-17-11-8-9-12-18(17)21(16)19-13-10-14-20(23(2,3)4)22(19)24(5,6)7/h8-15,21H,1-7H3. The van der Waals surface area contributed by atoms with Crippen molar-refractivity contribution in [3.05, 3.63) is 64.7 Å². The van der Waals surface area contributed by atoms with Gasteiger partial charge in [-0.25, -0.2) is 0 Å². The third kappa shape index (κ3) is 2.98.